The summed E-state index contributed by atoms with van der Waals surface area (Å²) in [5, 5.41) is 4.04. The van der Waals surface area contributed by atoms with Gasteiger partial charge in [-0.25, -0.2) is 0 Å². The zero-order valence-electron chi connectivity index (χ0n) is 24.5. The molecule has 5 heteroatoms. The summed E-state index contributed by atoms with van der Waals surface area (Å²) >= 11 is 0. The number of hydrogen-bond acceptors (Lipinski definition) is 2. The highest BCUT2D eigenvalue weighted by molar-refractivity contribution is 7.10. The minimum Gasteiger partial charge on any atom is -0.494 e. The first kappa shape index (κ1) is 28.3. The molecule has 0 N–H and O–H groups in total. The highest BCUT2D eigenvalue weighted by Gasteiger charge is 2.40. The van der Waals surface area contributed by atoms with Gasteiger partial charge in [0.15, 0.2) is 8.07 Å². The van der Waals surface area contributed by atoms with Crippen LogP contribution in [0.4, 0.5) is 0 Å². The smallest absolute Gasteiger partial charge is 0.239 e. The maximum absolute atomic E-state index is 6.03. The number of nitrogens with zero attached hydrogens (tertiary/aromatic N) is 2. The Morgan fingerprint density at radius 1 is 0.721 bits per heavy atom. The molecule has 0 amide bonds. The van der Waals surface area contributed by atoms with Gasteiger partial charge in [-0.2, -0.15) is 0 Å². The van der Waals surface area contributed by atoms with E-state index in [9.17, 15) is 0 Å². The van der Waals surface area contributed by atoms with Crippen LogP contribution in [0.5, 0.6) is 5.75 Å². The second-order valence-electron chi connectivity index (χ2n) is 10.7. The fraction of sp³-hybridized carbons (Fsp3) is 0.0789. The summed E-state index contributed by atoms with van der Waals surface area (Å²) in [5.74, 6) is 0.909. The second-order valence-corrected chi connectivity index (χ2v) is 14.6. The molecule has 0 unspecified atom stereocenters. The van der Waals surface area contributed by atoms with Crippen LogP contribution >= 0.6 is 0 Å². The number of ether oxygens (including phenoxy) is 1. The standard InChI is InChI=1S/C38H35BN2OSi/c1-2-42-33-20-15-25-36(29-33)43(34-21-11-5-12-22-34,35-23-13-6-14-24-35)30-41-27-26-40-38(41)39-37(32-18-9-4-10-19-32)28-31-16-7-3-8-17-31/h3-29,39H,2,30H2,1H3. The van der Waals surface area contributed by atoms with Gasteiger partial charge in [0.2, 0.25) is 7.28 Å². The normalized spacial score (nSPS) is 11.7. The summed E-state index contributed by atoms with van der Waals surface area (Å²) in [6.07, 6.45) is 7.21. The van der Waals surface area contributed by atoms with Gasteiger partial charge in [-0.15, -0.1) is 0 Å². The van der Waals surface area contributed by atoms with Gasteiger partial charge >= 0.3 is 0 Å². The Hall–Kier alpha value is -4.87. The SMILES string of the molecule is CCOc1cccc([Si](Cn2ccnc2BC(=Cc2ccccc2)c2ccccc2)(c2ccccc2)c2ccccc2)c1. The minimum absolute atomic E-state index is 0.635. The van der Waals surface area contributed by atoms with Crippen molar-refractivity contribution >= 4 is 48.2 Å². The predicted octanol–water partition coefficient (Wildman–Crippen LogP) is 5.25. The van der Waals surface area contributed by atoms with Crippen LogP contribution in [0.2, 0.25) is 0 Å². The molecule has 0 aliphatic heterocycles. The molecule has 0 spiro atoms. The third kappa shape index (κ3) is 6.32. The van der Waals surface area contributed by atoms with Gasteiger partial charge in [-0.1, -0.05) is 145 Å². The zero-order valence-corrected chi connectivity index (χ0v) is 25.5. The minimum atomic E-state index is -2.60. The third-order valence-electron chi connectivity index (χ3n) is 8.01. The molecule has 0 aliphatic carbocycles. The van der Waals surface area contributed by atoms with Gasteiger partial charge in [-0.3, -0.25) is 4.98 Å². The Labute approximate surface area is 256 Å². The number of benzene rings is 5. The summed E-state index contributed by atoms with van der Waals surface area (Å²) in [7, 11) is -1.88. The molecule has 6 rings (SSSR count). The number of hydrogen-bond donors (Lipinski definition) is 0. The van der Waals surface area contributed by atoms with Crippen molar-refractivity contribution in [1.29, 1.82) is 0 Å². The molecule has 210 valence electrons. The Morgan fingerprint density at radius 2 is 1.30 bits per heavy atom. The largest absolute Gasteiger partial charge is 0.494 e. The van der Waals surface area contributed by atoms with Crippen LogP contribution in [0.3, 0.4) is 0 Å². The van der Waals surface area contributed by atoms with Crippen molar-refractivity contribution in [3.05, 3.63) is 169 Å². The lowest BCUT2D eigenvalue weighted by atomic mass is 9.65. The molecular formula is C38H35BN2OSi. The molecule has 6 aromatic rings. The van der Waals surface area contributed by atoms with Crippen molar-refractivity contribution in [2.24, 2.45) is 0 Å². The summed E-state index contributed by atoms with van der Waals surface area (Å²) in [6.45, 7) is 2.67. The van der Waals surface area contributed by atoms with Crippen LogP contribution in [0.15, 0.2) is 158 Å². The molecule has 0 radical (unpaired) electrons. The second kappa shape index (κ2) is 13.4. The van der Waals surface area contributed by atoms with E-state index in [2.05, 4.69) is 162 Å². The van der Waals surface area contributed by atoms with Crippen LogP contribution in [0, 0.1) is 0 Å². The van der Waals surface area contributed by atoms with Crippen molar-refractivity contribution in [2.45, 2.75) is 13.1 Å². The topological polar surface area (TPSA) is 27.1 Å². The van der Waals surface area contributed by atoms with E-state index in [0.29, 0.717) is 6.61 Å². The van der Waals surface area contributed by atoms with Crippen molar-refractivity contribution in [3.8, 4) is 5.75 Å². The molecule has 0 aliphatic rings. The van der Waals surface area contributed by atoms with E-state index in [1.807, 2.05) is 13.1 Å². The van der Waals surface area contributed by atoms with Crippen LogP contribution in [0.25, 0.3) is 11.5 Å². The molecule has 43 heavy (non-hydrogen) atoms. The van der Waals surface area contributed by atoms with Crippen LogP contribution in [-0.2, 0) is 6.17 Å². The fourth-order valence-electron chi connectivity index (χ4n) is 5.95. The summed E-state index contributed by atoms with van der Waals surface area (Å²) in [6, 6.07) is 52.0. The predicted molar refractivity (Wildman–Crippen MR) is 185 cm³/mol. The van der Waals surface area contributed by atoms with Gasteiger partial charge < -0.3 is 9.30 Å². The first-order valence-corrected chi connectivity index (χ1v) is 17.1. The van der Waals surface area contributed by atoms with Crippen molar-refractivity contribution in [1.82, 2.24) is 9.55 Å². The van der Waals surface area contributed by atoms with E-state index >= 15 is 0 Å². The lowest BCUT2D eigenvalue weighted by Gasteiger charge is -2.35. The van der Waals surface area contributed by atoms with E-state index in [1.54, 1.807) is 0 Å². The highest BCUT2D eigenvalue weighted by Crippen LogP contribution is 2.19. The lowest BCUT2D eigenvalue weighted by molar-refractivity contribution is 0.340. The van der Waals surface area contributed by atoms with Crippen LogP contribution in [-0.4, -0.2) is 31.5 Å². The number of rotatable bonds is 11. The fourth-order valence-corrected chi connectivity index (χ4v) is 10.6. The van der Waals surface area contributed by atoms with E-state index in [-0.39, 0.29) is 0 Å². The number of aromatic nitrogens is 2. The maximum Gasteiger partial charge on any atom is 0.239 e. The van der Waals surface area contributed by atoms with Gasteiger partial charge in [0.25, 0.3) is 0 Å². The average molecular weight is 575 g/mol. The van der Waals surface area contributed by atoms with Crippen molar-refractivity contribution < 1.29 is 4.74 Å². The lowest BCUT2D eigenvalue weighted by Crippen LogP contribution is -2.70. The van der Waals surface area contributed by atoms with E-state index in [1.165, 1.54) is 32.2 Å². The van der Waals surface area contributed by atoms with Gasteiger partial charge in [0, 0.05) is 18.6 Å². The summed E-state index contributed by atoms with van der Waals surface area (Å²) in [4.78, 5) is 4.95. The van der Waals surface area contributed by atoms with Crippen LogP contribution < -0.4 is 26.0 Å². The van der Waals surface area contributed by atoms with E-state index in [0.717, 1.165) is 24.9 Å². The van der Waals surface area contributed by atoms with Gasteiger partial charge in [-0.05, 0) is 45.7 Å². The molecule has 1 aromatic heterocycles. The maximum atomic E-state index is 6.03. The van der Waals surface area contributed by atoms with Crippen molar-refractivity contribution in [3.63, 3.8) is 0 Å². The monoisotopic (exact) mass is 574 g/mol. The van der Waals surface area contributed by atoms with Gasteiger partial charge in [0.1, 0.15) is 5.75 Å². The zero-order chi connectivity index (χ0) is 29.3. The molecule has 0 saturated heterocycles. The average Bonchev–Trinajstić information content (AvgIpc) is 3.51. The van der Waals surface area contributed by atoms with Crippen LogP contribution in [0.1, 0.15) is 18.1 Å². The van der Waals surface area contributed by atoms with E-state index < -0.39 is 8.07 Å². The Balaban J connectivity index is 1.49. The molecule has 0 atom stereocenters. The van der Waals surface area contributed by atoms with Gasteiger partial charge in [0.05, 0.1) is 12.3 Å². The first-order chi connectivity index (χ1) is 21.3. The molecule has 0 bridgehead atoms. The van der Waals surface area contributed by atoms with E-state index in [4.69, 9.17) is 9.72 Å². The molecule has 0 saturated carbocycles. The summed E-state index contributed by atoms with van der Waals surface area (Å²) in [5.41, 5.74) is 4.68. The molecule has 0 fully saturated rings. The number of imidazole rings is 1. The highest BCUT2D eigenvalue weighted by atomic mass is 28.3. The third-order valence-corrected chi connectivity index (χ3v) is 12.8. The molecule has 1 heterocycles. The van der Waals surface area contributed by atoms with Crippen molar-refractivity contribution in [2.75, 3.05) is 6.61 Å². The quantitative estimate of drug-likeness (QED) is 0.120. The molecular weight excluding hydrogens is 539 g/mol. The Bertz CT molecular complexity index is 1730. The Morgan fingerprint density at radius 3 is 1.93 bits per heavy atom. The molecule has 3 nitrogen and oxygen atoms in total. The Kier molecular flexibility index (Phi) is 8.81. The molecule has 5 aromatic carbocycles. The summed E-state index contributed by atoms with van der Waals surface area (Å²) < 4.78 is 8.42. The first-order valence-electron chi connectivity index (χ1n) is 14.9.